The van der Waals surface area contributed by atoms with Crippen LogP contribution in [0.4, 0.5) is 10.7 Å². The van der Waals surface area contributed by atoms with Crippen LogP contribution in [0.15, 0.2) is 0 Å². The first-order valence-corrected chi connectivity index (χ1v) is 7.65. The van der Waals surface area contributed by atoms with Gasteiger partial charge in [-0.05, 0) is 18.8 Å². The minimum Gasteiger partial charge on any atom is -0.396 e. The topological polar surface area (TPSA) is 90.4 Å². The van der Waals surface area contributed by atoms with Gasteiger partial charge in [0, 0.05) is 26.1 Å². The van der Waals surface area contributed by atoms with Crippen LogP contribution >= 0.6 is 11.3 Å². The van der Waals surface area contributed by atoms with Gasteiger partial charge in [0.15, 0.2) is 5.78 Å². The smallest absolute Gasteiger partial charge is 0.174 e. The Labute approximate surface area is 122 Å². The van der Waals surface area contributed by atoms with Crippen LogP contribution in [0, 0.1) is 17.2 Å². The van der Waals surface area contributed by atoms with Crippen LogP contribution in [-0.2, 0) is 0 Å². The van der Waals surface area contributed by atoms with Gasteiger partial charge in [0.25, 0.3) is 0 Å². The molecule has 0 spiro atoms. The standard InChI is InChI=1S/C14H19N3O2S/c1-2-11(19)13-12(16)10(6-15)14(20-13)17-5-3-4-9(7-17)8-18/h9,18H,2-5,7-8,16H2,1H3. The third-order valence-electron chi connectivity index (χ3n) is 3.68. The molecule has 0 aliphatic carbocycles. The zero-order chi connectivity index (χ0) is 14.7. The van der Waals surface area contributed by atoms with E-state index in [0.29, 0.717) is 29.1 Å². The molecule has 0 saturated carbocycles. The summed E-state index contributed by atoms with van der Waals surface area (Å²) in [6.07, 6.45) is 2.36. The van der Waals surface area contributed by atoms with E-state index in [1.807, 2.05) is 0 Å². The van der Waals surface area contributed by atoms with E-state index in [1.165, 1.54) is 11.3 Å². The lowest BCUT2D eigenvalue weighted by Crippen LogP contribution is -2.36. The van der Waals surface area contributed by atoms with Crippen molar-refractivity contribution in [2.75, 3.05) is 30.3 Å². The molecule has 1 saturated heterocycles. The first kappa shape index (κ1) is 14.8. The fourth-order valence-corrected chi connectivity index (χ4v) is 3.74. The number of nitriles is 1. The number of aliphatic hydroxyl groups is 1. The highest BCUT2D eigenvalue weighted by molar-refractivity contribution is 7.19. The van der Waals surface area contributed by atoms with Gasteiger partial charge in [-0.25, -0.2) is 0 Å². The fraction of sp³-hybridized carbons (Fsp3) is 0.571. The third-order valence-corrected chi connectivity index (χ3v) is 4.98. The summed E-state index contributed by atoms with van der Waals surface area (Å²) in [5.41, 5.74) is 6.67. The molecule has 108 valence electrons. The van der Waals surface area contributed by atoms with Gasteiger partial charge in [-0.2, -0.15) is 5.26 Å². The average molecular weight is 293 g/mol. The van der Waals surface area contributed by atoms with E-state index in [0.717, 1.165) is 24.4 Å². The summed E-state index contributed by atoms with van der Waals surface area (Å²) in [6.45, 7) is 3.49. The Morgan fingerprint density at radius 2 is 2.40 bits per heavy atom. The van der Waals surface area contributed by atoms with Gasteiger partial charge in [-0.1, -0.05) is 6.92 Å². The van der Waals surface area contributed by atoms with E-state index < -0.39 is 0 Å². The van der Waals surface area contributed by atoms with Crippen molar-refractivity contribution in [2.45, 2.75) is 26.2 Å². The minimum absolute atomic E-state index is 0.0223. The maximum Gasteiger partial charge on any atom is 0.174 e. The predicted molar refractivity (Wildman–Crippen MR) is 80.1 cm³/mol. The van der Waals surface area contributed by atoms with E-state index in [4.69, 9.17) is 5.73 Å². The molecule has 1 aliphatic heterocycles. The molecular formula is C14H19N3O2S. The second-order valence-corrected chi connectivity index (χ2v) is 6.05. The molecule has 1 aliphatic rings. The van der Waals surface area contributed by atoms with Crippen molar-refractivity contribution in [3.8, 4) is 6.07 Å². The molecule has 20 heavy (non-hydrogen) atoms. The van der Waals surface area contributed by atoms with Gasteiger partial charge in [0.2, 0.25) is 0 Å². The van der Waals surface area contributed by atoms with Gasteiger partial charge in [0.05, 0.1) is 10.6 Å². The van der Waals surface area contributed by atoms with Crippen molar-refractivity contribution in [3.05, 3.63) is 10.4 Å². The van der Waals surface area contributed by atoms with Crippen LogP contribution in [0.1, 0.15) is 41.4 Å². The second-order valence-electron chi connectivity index (χ2n) is 5.05. The molecule has 0 radical (unpaired) electrons. The molecule has 2 rings (SSSR count). The molecule has 3 N–H and O–H groups in total. The minimum atomic E-state index is -0.0223. The number of piperidine rings is 1. The zero-order valence-corrected chi connectivity index (χ0v) is 12.4. The largest absolute Gasteiger partial charge is 0.396 e. The summed E-state index contributed by atoms with van der Waals surface area (Å²) < 4.78 is 0. The number of aliphatic hydroxyl groups excluding tert-OH is 1. The number of hydrogen-bond donors (Lipinski definition) is 2. The number of anilines is 2. The number of ketones is 1. The average Bonchev–Trinajstić information content (AvgIpc) is 2.83. The zero-order valence-electron chi connectivity index (χ0n) is 11.6. The number of carbonyl (C=O) groups excluding carboxylic acids is 1. The van der Waals surface area contributed by atoms with Gasteiger partial charge in [0.1, 0.15) is 16.6 Å². The Kier molecular flexibility index (Phi) is 4.63. The fourth-order valence-electron chi connectivity index (χ4n) is 2.53. The number of nitrogens with zero attached hydrogens (tertiary/aromatic N) is 2. The summed E-state index contributed by atoms with van der Waals surface area (Å²) in [5.74, 6) is 0.204. The van der Waals surface area contributed by atoms with E-state index in [9.17, 15) is 15.2 Å². The molecule has 1 atom stereocenters. The van der Waals surface area contributed by atoms with Crippen LogP contribution in [0.2, 0.25) is 0 Å². The number of rotatable bonds is 4. The number of Topliss-reactive ketones (excluding diaryl/α,β-unsaturated/α-hetero) is 1. The molecule has 0 aromatic carbocycles. The lowest BCUT2D eigenvalue weighted by Gasteiger charge is -2.32. The van der Waals surface area contributed by atoms with Crippen molar-refractivity contribution in [1.29, 1.82) is 5.26 Å². The summed E-state index contributed by atoms with van der Waals surface area (Å²) in [5, 5.41) is 19.4. The molecule has 5 nitrogen and oxygen atoms in total. The van der Waals surface area contributed by atoms with Crippen molar-refractivity contribution in [1.82, 2.24) is 0 Å². The van der Waals surface area contributed by atoms with Crippen molar-refractivity contribution in [3.63, 3.8) is 0 Å². The Balaban J connectivity index is 2.36. The lowest BCUT2D eigenvalue weighted by atomic mass is 9.99. The maximum absolute atomic E-state index is 11.9. The predicted octanol–water partition coefficient (Wildman–Crippen LogP) is 2.00. The molecule has 0 bridgehead atoms. The number of nitrogens with two attached hydrogens (primary N) is 1. The van der Waals surface area contributed by atoms with E-state index in [-0.39, 0.29) is 18.3 Å². The molecule has 0 amide bonds. The van der Waals surface area contributed by atoms with Crippen molar-refractivity contribution in [2.24, 2.45) is 5.92 Å². The number of thiophene rings is 1. The highest BCUT2D eigenvalue weighted by atomic mass is 32.1. The molecule has 1 aromatic heterocycles. The molecule has 6 heteroatoms. The quantitative estimate of drug-likeness (QED) is 0.829. The van der Waals surface area contributed by atoms with Gasteiger partial charge >= 0.3 is 0 Å². The van der Waals surface area contributed by atoms with Gasteiger partial charge in [-0.15, -0.1) is 11.3 Å². The Bertz CT molecular complexity index is 547. The van der Waals surface area contributed by atoms with Crippen LogP contribution < -0.4 is 10.6 Å². The third kappa shape index (κ3) is 2.65. The summed E-state index contributed by atoms with van der Waals surface area (Å²) in [4.78, 5) is 14.5. The number of hydrogen-bond acceptors (Lipinski definition) is 6. The molecule has 1 fully saturated rings. The van der Waals surface area contributed by atoms with Crippen LogP contribution in [-0.4, -0.2) is 30.6 Å². The normalized spacial score (nSPS) is 18.9. The summed E-state index contributed by atoms with van der Waals surface area (Å²) >= 11 is 1.31. The van der Waals surface area contributed by atoms with Gasteiger partial charge < -0.3 is 15.7 Å². The Morgan fingerprint density at radius 1 is 1.65 bits per heavy atom. The maximum atomic E-state index is 11.9. The first-order chi connectivity index (χ1) is 9.62. The lowest BCUT2D eigenvalue weighted by molar-refractivity contribution is 0.0993. The van der Waals surface area contributed by atoms with E-state index in [1.54, 1.807) is 6.92 Å². The highest BCUT2D eigenvalue weighted by Gasteiger charge is 2.27. The van der Waals surface area contributed by atoms with Crippen molar-refractivity contribution >= 4 is 27.8 Å². The summed E-state index contributed by atoms with van der Waals surface area (Å²) in [6, 6.07) is 2.12. The Hall–Kier alpha value is -1.58. The molecule has 1 unspecified atom stereocenters. The first-order valence-electron chi connectivity index (χ1n) is 6.83. The highest BCUT2D eigenvalue weighted by Crippen LogP contribution is 2.39. The monoisotopic (exact) mass is 293 g/mol. The Morgan fingerprint density at radius 3 is 3.00 bits per heavy atom. The molecule has 2 heterocycles. The van der Waals surface area contributed by atoms with Crippen LogP contribution in [0.5, 0.6) is 0 Å². The van der Waals surface area contributed by atoms with Crippen molar-refractivity contribution < 1.29 is 9.90 Å². The number of nitrogen functional groups attached to an aromatic ring is 1. The summed E-state index contributed by atoms with van der Waals surface area (Å²) in [7, 11) is 0. The van der Waals surface area contributed by atoms with Crippen LogP contribution in [0.25, 0.3) is 0 Å². The SMILES string of the molecule is CCC(=O)c1sc(N2CCCC(CO)C2)c(C#N)c1N. The number of carbonyl (C=O) groups is 1. The van der Waals surface area contributed by atoms with E-state index in [2.05, 4.69) is 11.0 Å². The molecule has 1 aromatic rings. The second kappa shape index (κ2) is 6.25. The van der Waals surface area contributed by atoms with Crippen LogP contribution in [0.3, 0.4) is 0 Å². The molecular weight excluding hydrogens is 274 g/mol. The van der Waals surface area contributed by atoms with E-state index >= 15 is 0 Å². The van der Waals surface area contributed by atoms with Gasteiger partial charge in [-0.3, -0.25) is 4.79 Å².